The van der Waals surface area contributed by atoms with Crippen LogP contribution < -0.4 is 10.6 Å². The molecule has 6 nitrogen and oxygen atoms in total. The molecule has 1 rings (SSSR count). The number of aliphatic hydroxyl groups excluding tert-OH is 1. The topological polar surface area (TPSA) is 87.7 Å². The molecule has 2 amide bonds. The molecule has 0 bridgehead atoms. The summed E-state index contributed by atoms with van der Waals surface area (Å²) in [7, 11) is 0. The molecular weight excluding hydrogens is 332 g/mol. The Morgan fingerprint density at radius 1 is 1.12 bits per heavy atom. The van der Waals surface area contributed by atoms with Crippen molar-refractivity contribution < 1.29 is 19.4 Å². The number of benzene rings is 1. The largest absolute Gasteiger partial charge is 0.450 e. The Hall–Kier alpha value is -2.08. The van der Waals surface area contributed by atoms with Crippen LogP contribution >= 0.6 is 0 Å². The van der Waals surface area contributed by atoms with E-state index in [-0.39, 0.29) is 12.5 Å². The Labute approximate surface area is 156 Å². The number of nitrogens with one attached hydrogen (secondary N) is 2. The summed E-state index contributed by atoms with van der Waals surface area (Å²) < 4.78 is 4.91. The van der Waals surface area contributed by atoms with Crippen LogP contribution in [0.1, 0.15) is 46.6 Å². The number of aliphatic hydroxyl groups is 1. The molecule has 0 heterocycles. The summed E-state index contributed by atoms with van der Waals surface area (Å²) in [4.78, 5) is 24.7. The van der Waals surface area contributed by atoms with Crippen molar-refractivity contribution >= 4 is 12.0 Å². The van der Waals surface area contributed by atoms with Crippen LogP contribution in [0.4, 0.5) is 4.79 Å². The molecule has 3 N–H and O–H groups in total. The first-order chi connectivity index (χ1) is 12.2. The lowest BCUT2D eigenvalue weighted by atomic mass is 9.85. The molecule has 1 aromatic carbocycles. The Balaban J connectivity index is 2.91. The molecule has 0 saturated carbocycles. The van der Waals surface area contributed by atoms with Gasteiger partial charge in [0.15, 0.2) is 0 Å². The smallest absolute Gasteiger partial charge is 0.407 e. The normalized spacial score (nSPS) is 14.8. The van der Waals surface area contributed by atoms with Crippen molar-refractivity contribution in [3.8, 4) is 0 Å². The van der Waals surface area contributed by atoms with Gasteiger partial charge in [0.1, 0.15) is 6.04 Å². The first-order valence-electron chi connectivity index (χ1n) is 9.14. The first-order valence-corrected chi connectivity index (χ1v) is 9.14. The monoisotopic (exact) mass is 364 g/mol. The lowest BCUT2D eigenvalue weighted by Gasteiger charge is -2.32. The minimum atomic E-state index is -0.774. The molecule has 0 spiro atoms. The van der Waals surface area contributed by atoms with E-state index >= 15 is 0 Å². The number of carbonyl (C=O) groups excluding carboxylic acids is 2. The summed E-state index contributed by atoms with van der Waals surface area (Å²) in [6.07, 6.45) is -0.276. The van der Waals surface area contributed by atoms with Crippen LogP contribution in [0.3, 0.4) is 0 Å². The SMILES string of the molecule is CCOC(=O)NC(C(=O)NC(Cc1ccccc1)C(O)CC)C(C)(C)C. The molecule has 0 saturated heterocycles. The molecule has 3 unspecified atom stereocenters. The first kappa shape index (κ1) is 22.0. The molecular formula is C20H32N2O4. The Bertz CT molecular complexity index is 569. The van der Waals surface area contributed by atoms with E-state index < -0.39 is 29.7 Å². The second kappa shape index (κ2) is 10.2. The van der Waals surface area contributed by atoms with Crippen LogP contribution in [0.2, 0.25) is 0 Å². The third-order valence-corrected chi connectivity index (χ3v) is 4.17. The van der Waals surface area contributed by atoms with E-state index in [1.54, 1.807) is 6.92 Å². The van der Waals surface area contributed by atoms with Crippen molar-refractivity contribution in [1.82, 2.24) is 10.6 Å². The third kappa shape index (κ3) is 7.04. The summed E-state index contributed by atoms with van der Waals surface area (Å²) >= 11 is 0. The van der Waals surface area contributed by atoms with Gasteiger partial charge >= 0.3 is 6.09 Å². The maximum atomic E-state index is 12.9. The van der Waals surface area contributed by atoms with Crippen LogP contribution in [0.15, 0.2) is 30.3 Å². The van der Waals surface area contributed by atoms with E-state index in [1.165, 1.54) is 0 Å². The molecule has 146 valence electrons. The molecule has 0 aliphatic heterocycles. The van der Waals surface area contributed by atoms with E-state index in [0.717, 1.165) is 5.56 Å². The lowest BCUT2D eigenvalue weighted by Crippen LogP contribution is -2.57. The van der Waals surface area contributed by atoms with Gasteiger partial charge in [0.25, 0.3) is 0 Å². The minimum Gasteiger partial charge on any atom is -0.450 e. The minimum absolute atomic E-state index is 0.232. The number of alkyl carbamates (subject to hydrolysis) is 1. The van der Waals surface area contributed by atoms with Crippen molar-refractivity contribution in [2.75, 3.05) is 6.61 Å². The third-order valence-electron chi connectivity index (χ3n) is 4.17. The van der Waals surface area contributed by atoms with E-state index in [1.807, 2.05) is 58.0 Å². The number of carbonyl (C=O) groups is 2. The van der Waals surface area contributed by atoms with Gasteiger partial charge in [-0.3, -0.25) is 4.79 Å². The van der Waals surface area contributed by atoms with Crippen LogP contribution in [-0.4, -0.2) is 41.9 Å². The highest BCUT2D eigenvalue weighted by Gasteiger charge is 2.35. The van der Waals surface area contributed by atoms with Gasteiger partial charge < -0.3 is 20.5 Å². The van der Waals surface area contributed by atoms with Crippen molar-refractivity contribution in [1.29, 1.82) is 0 Å². The van der Waals surface area contributed by atoms with E-state index in [9.17, 15) is 14.7 Å². The van der Waals surface area contributed by atoms with Gasteiger partial charge in [-0.25, -0.2) is 4.79 Å². The van der Waals surface area contributed by atoms with Gasteiger partial charge in [-0.05, 0) is 30.7 Å². The highest BCUT2D eigenvalue weighted by atomic mass is 16.5. The average Bonchev–Trinajstić information content (AvgIpc) is 2.58. The molecule has 0 aliphatic carbocycles. The molecule has 0 fully saturated rings. The molecule has 0 radical (unpaired) electrons. The highest BCUT2D eigenvalue weighted by molar-refractivity contribution is 5.86. The van der Waals surface area contributed by atoms with Crippen molar-refractivity contribution in [2.45, 2.75) is 65.6 Å². The second-order valence-electron chi connectivity index (χ2n) is 7.44. The number of rotatable bonds is 8. The Morgan fingerprint density at radius 3 is 2.23 bits per heavy atom. The van der Waals surface area contributed by atoms with Crippen LogP contribution in [-0.2, 0) is 16.0 Å². The fraction of sp³-hybridized carbons (Fsp3) is 0.600. The standard InChI is InChI=1S/C20H32N2O4/c1-6-16(23)15(13-14-11-9-8-10-12-14)21-18(24)17(20(3,4)5)22-19(25)26-7-2/h8-12,15-17,23H,6-7,13H2,1-5H3,(H,21,24)(H,22,25). The summed E-state index contributed by atoms with van der Waals surface area (Å²) in [5.41, 5.74) is 0.515. The summed E-state index contributed by atoms with van der Waals surface area (Å²) in [5, 5.41) is 15.9. The molecule has 26 heavy (non-hydrogen) atoms. The van der Waals surface area contributed by atoms with Gasteiger partial charge in [-0.15, -0.1) is 0 Å². The van der Waals surface area contributed by atoms with Gasteiger partial charge in [-0.2, -0.15) is 0 Å². The fourth-order valence-electron chi connectivity index (χ4n) is 2.67. The zero-order valence-electron chi connectivity index (χ0n) is 16.4. The predicted molar refractivity (Wildman–Crippen MR) is 102 cm³/mol. The zero-order valence-corrected chi connectivity index (χ0v) is 16.4. The fourth-order valence-corrected chi connectivity index (χ4v) is 2.67. The lowest BCUT2D eigenvalue weighted by molar-refractivity contribution is -0.127. The molecule has 6 heteroatoms. The van der Waals surface area contributed by atoms with Crippen LogP contribution in [0.25, 0.3) is 0 Å². The van der Waals surface area contributed by atoms with Crippen molar-refractivity contribution in [3.63, 3.8) is 0 Å². The molecule has 0 aliphatic rings. The van der Waals surface area contributed by atoms with Gasteiger partial charge in [0, 0.05) is 0 Å². The average molecular weight is 364 g/mol. The van der Waals surface area contributed by atoms with Crippen molar-refractivity contribution in [2.24, 2.45) is 5.41 Å². The molecule has 3 atom stereocenters. The van der Waals surface area contributed by atoms with Crippen LogP contribution in [0.5, 0.6) is 0 Å². The maximum Gasteiger partial charge on any atom is 0.407 e. The number of hydrogen-bond acceptors (Lipinski definition) is 4. The predicted octanol–water partition coefficient (Wildman–Crippen LogP) is 2.65. The van der Waals surface area contributed by atoms with Crippen LogP contribution in [0, 0.1) is 5.41 Å². The summed E-state index contributed by atoms with van der Waals surface area (Å²) in [5.74, 6) is -0.334. The highest BCUT2D eigenvalue weighted by Crippen LogP contribution is 2.20. The van der Waals surface area contributed by atoms with Gasteiger partial charge in [-0.1, -0.05) is 58.0 Å². The quantitative estimate of drug-likeness (QED) is 0.662. The molecule has 0 aromatic heterocycles. The van der Waals surface area contributed by atoms with E-state index in [2.05, 4.69) is 10.6 Å². The van der Waals surface area contributed by atoms with Gasteiger partial charge in [0.2, 0.25) is 5.91 Å². The number of hydrogen-bond donors (Lipinski definition) is 3. The zero-order chi connectivity index (χ0) is 19.7. The number of amides is 2. The molecule has 1 aromatic rings. The summed E-state index contributed by atoms with van der Waals surface area (Å²) in [6.45, 7) is 9.41. The second-order valence-corrected chi connectivity index (χ2v) is 7.44. The summed E-state index contributed by atoms with van der Waals surface area (Å²) in [6, 6.07) is 8.47. The maximum absolute atomic E-state index is 12.9. The van der Waals surface area contributed by atoms with Crippen molar-refractivity contribution in [3.05, 3.63) is 35.9 Å². The number of ether oxygens (including phenoxy) is 1. The van der Waals surface area contributed by atoms with Gasteiger partial charge in [0.05, 0.1) is 18.8 Å². The Morgan fingerprint density at radius 2 is 1.73 bits per heavy atom. The Kier molecular flexibility index (Phi) is 8.58. The van der Waals surface area contributed by atoms with E-state index in [4.69, 9.17) is 4.74 Å². The van der Waals surface area contributed by atoms with E-state index in [0.29, 0.717) is 12.8 Å².